The second kappa shape index (κ2) is 4.66. The molecule has 6 heteroatoms. The summed E-state index contributed by atoms with van der Waals surface area (Å²) in [6, 6.07) is 3.18. The Balaban J connectivity index is 2.10. The number of ether oxygens (including phenoxy) is 1. The highest BCUT2D eigenvalue weighted by molar-refractivity contribution is 6.70. The highest BCUT2D eigenvalue weighted by Crippen LogP contribution is 2.40. The summed E-state index contributed by atoms with van der Waals surface area (Å²) in [5, 5.41) is 0.183. The van der Waals surface area contributed by atoms with Crippen LogP contribution in [0.3, 0.4) is 0 Å². The molecule has 2 nitrogen and oxygen atoms in total. The number of benzene rings is 1. The van der Waals surface area contributed by atoms with Crippen molar-refractivity contribution in [2.24, 2.45) is 4.99 Å². The van der Waals surface area contributed by atoms with Crippen LogP contribution < -0.4 is 4.74 Å². The number of allylic oxidation sites excluding steroid dienone is 3. The van der Waals surface area contributed by atoms with Crippen LogP contribution in [0.25, 0.3) is 0 Å². The van der Waals surface area contributed by atoms with E-state index in [1.807, 2.05) is 6.08 Å². The van der Waals surface area contributed by atoms with Gasteiger partial charge in [-0.3, -0.25) is 0 Å². The maximum atomic E-state index is 12.7. The van der Waals surface area contributed by atoms with E-state index >= 15 is 0 Å². The van der Waals surface area contributed by atoms with E-state index in [-0.39, 0.29) is 16.6 Å². The first kappa shape index (κ1) is 13.2. The summed E-state index contributed by atoms with van der Waals surface area (Å²) >= 11 is 6.09. The molecule has 0 fully saturated rings. The lowest BCUT2D eigenvalue weighted by Gasteiger charge is -2.13. The Morgan fingerprint density at radius 1 is 1.25 bits per heavy atom. The highest BCUT2D eigenvalue weighted by Gasteiger charge is 2.32. The molecule has 0 unspecified atom stereocenters. The molecule has 20 heavy (non-hydrogen) atoms. The molecule has 0 saturated heterocycles. The van der Waals surface area contributed by atoms with Crippen molar-refractivity contribution in [2.75, 3.05) is 0 Å². The van der Waals surface area contributed by atoms with Crippen LogP contribution in [-0.4, -0.2) is 5.17 Å². The van der Waals surface area contributed by atoms with E-state index in [9.17, 15) is 13.2 Å². The lowest BCUT2D eigenvalue weighted by atomic mass is 10.0. The largest absolute Gasteiger partial charge is 0.455 e. The predicted molar refractivity (Wildman–Crippen MR) is 70.4 cm³/mol. The van der Waals surface area contributed by atoms with Crippen molar-refractivity contribution in [1.29, 1.82) is 0 Å². The number of nitrogens with zero attached hydrogens (tertiary/aromatic N) is 1. The van der Waals surface area contributed by atoms with Crippen LogP contribution in [0.4, 0.5) is 18.9 Å². The molecule has 0 aromatic heterocycles. The molecular weight excluding hydrogens is 291 g/mol. The second-order valence-electron chi connectivity index (χ2n) is 4.47. The molecule has 0 saturated carbocycles. The highest BCUT2D eigenvalue weighted by atomic mass is 35.5. The minimum atomic E-state index is -4.42. The van der Waals surface area contributed by atoms with Gasteiger partial charge >= 0.3 is 6.18 Å². The molecule has 0 amide bonds. The minimum absolute atomic E-state index is 0.0904. The van der Waals surface area contributed by atoms with Crippen molar-refractivity contribution in [3.8, 4) is 5.75 Å². The Morgan fingerprint density at radius 2 is 2.05 bits per heavy atom. The van der Waals surface area contributed by atoms with Gasteiger partial charge in [-0.1, -0.05) is 17.7 Å². The number of hydrogen-bond acceptors (Lipinski definition) is 2. The van der Waals surface area contributed by atoms with Gasteiger partial charge in [-0.2, -0.15) is 13.2 Å². The van der Waals surface area contributed by atoms with Gasteiger partial charge in [-0.15, -0.1) is 0 Å². The molecular formula is C14H9ClF3NO. The molecule has 1 heterocycles. The summed E-state index contributed by atoms with van der Waals surface area (Å²) in [6.45, 7) is 0. The molecule has 0 radical (unpaired) electrons. The van der Waals surface area contributed by atoms with Crippen molar-refractivity contribution in [1.82, 2.24) is 0 Å². The smallest absolute Gasteiger partial charge is 0.416 e. The second-order valence-corrected chi connectivity index (χ2v) is 4.83. The third-order valence-corrected chi connectivity index (χ3v) is 3.41. The zero-order valence-corrected chi connectivity index (χ0v) is 10.9. The summed E-state index contributed by atoms with van der Waals surface area (Å²) in [5.41, 5.74) is 0.0371. The molecule has 104 valence electrons. The Labute approximate surface area is 118 Å². The van der Waals surface area contributed by atoms with E-state index < -0.39 is 11.7 Å². The van der Waals surface area contributed by atoms with Gasteiger partial charge in [0.2, 0.25) is 0 Å². The van der Waals surface area contributed by atoms with Gasteiger partial charge in [-0.05, 0) is 37.1 Å². The first-order valence-electron chi connectivity index (χ1n) is 5.98. The Hall–Kier alpha value is -1.75. The average molecular weight is 300 g/mol. The summed E-state index contributed by atoms with van der Waals surface area (Å²) in [6.07, 6.45) is 0.740. The van der Waals surface area contributed by atoms with Gasteiger partial charge in [0.25, 0.3) is 0 Å². The standard InChI is InChI=1S/C14H9ClF3NO/c15-13-9-3-1-2-4-11(9)20-12-6-5-8(14(16,17)18)7-10(12)19-13/h2,4-7H,1,3H2. The number of halogens is 4. The molecule has 0 atom stereocenters. The van der Waals surface area contributed by atoms with Crippen molar-refractivity contribution in [3.63, 3.8) is 0 Å². The fourth-order valence-corrected chi connectivity index (χ4v) is 2.38. The van der Waals surface area contributed by atoms with Crippen LogP contribution in [0.2, 0.25) is 0 Å². The van der Waals surface area contributed by atoms with Crippen molar-refractivity contribution in [2.45, 2.75) is 19.0 Å². The topological polar surface area (TPSA) is 21.6 Å². The van der Waals surface area contributed by atoms with Crippen LogP contribution in [0.5, 0.6) is 5.75 Å². The third-order valence-electron chi connectivity index (χ3n) is 3.10. The Bertz CT molecular complexity index is 659. The minimum Gasteiger partial charge on any atom is -0.455 e. The number of alkyl halides is 3. The Kier molecular flexibility index (Phi) is 3.09. The van der Waals surface area contributed by atoms with E-state index in [0.717, 1.165) is 24.1 Å². The van der Waals surface area contributed by atoms with E-state index in [4.69, 9.17) is 16.3 Å². The summed E-state index contributed by atoms with van der Waals surface area (Å²) < 4.78 is 43.8. The SMILES string of the molecule is FC(F)(F)c1ccc2c(c1)N=C(Cl)C1=C(C=CCC1)O2. The van der Waals surface area contributed by atoms with Crippen molar-refractivity contribution < 1.29 is 17.9 Å². The van der Waals surface area contributed by atoms with Gasteiger partial charge in [0.15, 0.2) is 5.75 Å². The van der Waals surface area contributed by atoms with Crippen molar-refractivity contribution in [3.05, 3.63) is 47.2 Å². The number of hydrogen-bond donors (Lipinski definition) is 0. The third kappa shape index (κ3) is 2.33. The first-order chi connectivity index (χ1) is 9.45. The molecule has 0 spiro atoms. The monoisotopic (exact) mass is 299 g/mol. The average Bonchev–Trinajstić information content (AvgIpc) is 2.53. The van der Waals surface area contributed by atoms with Crippen LogP contribution in [0, 0.1) is 0 Å². The lowest BCUT2D eigenvalue weighted by Crippen LogP contribution is -2.05. The first-order valence-corrected chi connectivity index (χ1v) is 6.36. The summed E-state index contributed by atoms with van der Waals surface area (Å²) in [5.74, 6) is 0.816. The fraction of sp³-hybridized carbons (Fsp3) is 0.214. The molecule has 3 rings (SSSR count). The maximum Gasteiger partial charge on any atom is 0.416 e. The summed E-state index contributed by atoms with van der Waals surface area (Å²) in [7, 11) is 0. The molecule has 2 aliphatic rings. The number of rotatable bonds is 0. The lowest BCUT2D eigenvalue weighted by molar-refractivity contribution is -0.137. The van der Waals surface area contributed by atoms with Crippen LogP contribution >= 0.6 is 11.6 Å². The van der Waals surface area contributed by atoms with E-state index in [2.05, 4.69) is 4.99 Å². The quantitative estimate of drug-likeness (QED) is 0.662. The molecule has 1 aliphatic heterocycles. The van der Waals surface area contributed by atoms with Crippen LogP contribution in [-0.2, 0) is 6.18 Å². The normalized spacial score (nSPS) is 17.9. The molecule has 1 aliphatic carbocycles. The van der Waals surface area contributed by atoms with Gasteiger partial charge in [0.1, 0.15) is 16.6 Å². The molecule has 0 bridgehead atoms. The number of aliphatic imine (C=N–C) groups is 1. The fourth-order valence-electron chi connectivity index (χ4n) is 2.10. The maximum absolute atomic E-state index is 12.7. The Morgan fingerprint density at radius 3 is 2.80 bits per heavy atom. The number of fused-ring (bicyclic) bond motifs is 1. The van der Waals surface area contributed by atoms with Gasteiger partial charge < -0.3 is 4.74 Å². The van der Waals surface area contributed by atoms with Crippen LogP contribution in [0.15, 0.2) is 46.7 Å². The van der Waals surface area contributed by atoms with E-state index in [1.54, 1.807) is 6.08 Å². The van der Waals surface area contributed by atoms with Crippen LogP contribution in [0.1, 0.15) is 18.4 Å². The van der Waals surface area contributed by atoms with E-state index in [1.165, 1.54) is 6.07 Å². The van der Waals surface area contributed by atoms with Gasteiger partial charge in [0, 0.05) is 5.57 Å². The van der Waals surface area contributed by atoms with Gasteiger partial charge in [0.05, 0.1) is 5.56 Å². The van der Waals surface area contributed by atoms with E-state index in [0.29, 0.717) is 12.2 Å². The molecule has 0 N–H and O–H groups in total. The van der Waals surface area contributed by atoms with Gasteiger partial charge in [-0.25, -0.2) is 4.99 Å². The zero-order valence-electron chi connectivity index (χ0n) is 10.2. The molecule has 1 aromatic carbocycles. The summed E-state index contributed by atoms with van der Waals surface area (Å²) in [4.78, 5) is 4.06. The zero-order chi connectivity index (χ0) is 14.3. The predicted octanol–water partition coefficient (Wildman–Crippen LogP) is 4.97. The molecule has 1 aromatic rings. The van der Waals surface area contributed by atoms with Crippen molar-refractivity contribution >= 4 is 22.5 Å².